The van der Waals surface area contributed by atoms with Crippen molar-refractivity contribution in [2.75, 3.05) is 19.8 Å². The van der Waals surface area contributed by atoms with E-state index in [0.717, 1.165) is 19.3 Å². The van der Waals surface area contributed by atoms with Crippen LogP contribution in [0.15, 0.2) is 0 Å². The molecule has 0 saturated heterocycles. The molecule has 0 bridgehead atoms. The Kier molecular flexibility index (Phi) is 8.21. The SMILES string of the molecule is CCCCCC(=O)OCC(CC)(CO)CO. The number of rotatable bonds is 9. The van der Waals surface area contributed by atoms with Gasteiger partial charge in [-0.25, -0.2) is 0 Å². The summed E-state index contributed by atoms with van der Waals surface area (Å²) in [6.07, 6.45) is 3.94. The molecule has 2 N–H and O–H groups in total. The van der Waals surface area contributed by atoms with E-state index >= 15 is 0 Å². The van der Waals surface area contributed by atoms with Crippen LogP contribution in [0.1, 0.15) is 46.0 Å². The minimum atomic E-state index is -0.680. The Morgan fingerprint density at radius 2 is 1.81 bits per heavy atom. The summed E-state index contributed by atoms with van der Waals surface area (Å²) in [5.41, 5.74) is -0.680. The molecule has 0 atom stereocenters. The monoisotopic (exact) mass is 232 g/mol. The van der Waals surface area contributed by atoms with E-state index in [1.54, 1.807) is 0 Å². The van der Waals surface area contributed by atoms with Crippen molar-refractivity contribution in [3.05, 3.63) is 0 Å². The third-order valence-electron chi connectivity index (χ3n) is 2.94. The van der Waals surface area contributed by atoms with Crippen LogP contribution in [0.4, 0.5) is 0 Å². The molecule has 4 nitrogen and oxygen atoms in total. The van der Waals surface area contributed by atoms with Crippen LogP contribution in [-0.2, 0) is 9.53 Å². The predicted molar refractivity (Wildman–Crippen MR) is 62.0 cm³/mol. The lowest BCUT2D eigenvalue weighted by molar-refractivity contribution is -0.149. The van der Waals surface area contributed by atoms with Gasteiger partial charge in [-0.05, 0) is 12.8 Å². The van der Waals surface area contributed by atoms with Crippen molar-refractivity contribution in [1.29, 1.82) is 0 Å². The zero-order valence-electron chi connectivity index (χ0n) is 10.4. The Morgan fingerprint density at radius 1 is 1.19 bits per heavy atom. The number of carbonyl (C=O) groups excluding carboxylic acids is 1. The van der Waals surface area contributed by atoms with Crippen LogP contribution in [0.25, 0.3) is 0 Å². The van der Waals surface area contributed by atoms with Crippen molar-refractivity contribution >= 4 is 5.97 Å². The molecule has 0 fully saturated rings. The first-order chi connectivity index (χ1) is 7.64. The van der Waals surface area contributed by atoms with Crippen LogP contribution in [0.5, 0.6) is 0 Å². The van der Waals surface area contributed by atoms with Gasteiger partial charge in [0.2, 0.25) is 0 Å². The summed E-state index contributed by atoms with van der Waals surface area (Å²) in [7, 11) is 0. The number of hydrogen-bond acceptors (Lipinski definition) is 4. The summed E-state index contributed by atoms with van der Waals surface area (Å²) in [5.74, 6) is -0.242. The molecule has 0 rings (SSSR count). The van der Waals surface area contributed by atoms with Gasteiger partial charge in [0.25, 0.3) is 0 Å². The van der Waals surface area contributed by atoms with Crippen molar-refractivity contribution in [2.45, 2.75) is 46.0 Å². The largest absolute Gasteiger partial charge is 0.465 e. The molecule has 0 saturated carbocycles. The lowest BCUT2D eigenvalue weighted by Gasteiger charge is -2.27. The van der Waals surface area contributed by atoms with Crippen LogP contribution in [0, 0.1) is 5.41 Å². The number of ether oxygens (including phenoxy) is 1. The van der Waals surface area contributed by atoms with E-state index in [4.69, 9.17) is 14.9 Å². The van der Waals surface area contributed by atoms with E-state index in [1.807, 2.05) is 6.92 Å². The average molecular weight is 232 g/mol. The molecule has 0 radical (unpaired) electrons. The smallest absolute Gasteiger partial charge is 0.305 e. The topological polar surface area (TPSA) is 66.8 Å². The summed E-state index contributed by atoms with van der Waals surface area (Å²) < 4.78 is 5.07. The Balaban J connectivity index is 3.87. The van der Waals surface area contributed by atoms with E-state index in [2.05, 4.69) is 6.92 Å². The summed E-state index contributed by atoms with van der Waals surface area (Å²) in [5, 5.41) is 18.3. The van der Waals surface area contributed by atoms with Crippen LogP contribution in [0.2, 0.25) is 0 Å². The summed E-state index contributed by atoms with van der Waals surface area (Å²) >= 11 is 0. The maximum atomic E-state index is 11.3. The number of carbonyl (C=O) groups is 1. The predicted octanol–water partition coefficient (Wildman–Crippen LogP) is 1.49. The normalized spacial score (nSPS) is 11.5. The van der Waals surface area contributed by atoms with Gasteiger partial charge in [0.15, 0.2) is 0 Å². The van der Waals surface area contributed by atoms with E-state index in [9.17, 15) is 4.79 Å². The third-order valence-corrected chi connectivity index (χ3v) is 2.94. The molecule has 0 aliphatic rings. The summed E-state index contributed by atoms with van der Waals surface area (Å²) in [6.45, 7) is 3.70. The van der Waals surface area contributed by atoms with Gasteiger partial charge in [-0.1, -0.05) is 26.7 Å². The Hall–Kier alpha value is -0.610. The van der Waals surface area contributed by atoms with Gasteiger partial charge < -0.3 is 14.9 Å². The maximum Gasteiger partial charge on any atom is 0.305 e. The number of hydrogen-bond donors (Lipinski definition) is 2. The number of esters is 1. The quantitative estimate of drug-likeness (QED) is 0.467. The standard InChI is InChI=1S/C12H24O4/c1-3-5-6-7-11(15)16-10-12(4-2,8-13)9-14/h13-14H,3-10H2,1-2H3. The van der Waals surface area contributed by atoms with Crippen LogP contribution in [-0.4, -0.2) is 36.0 Å². The maximum absolute atomic E-state index is 11.3. The first-order valence-corrected chi connectivity index (χ1v) is 6.01. The van der Waals surface area contributed by atoms with Gasteiger partial charge in [0.1, 0.15) is 6.61 Å². The highest BCUT2D eigenvalue weighted by atomic mass is 16.5. The Labute approximate surface area is 97.6 Å². The van der Waals surface area contributed by atoms with Crippen LogP contribution < -0.4 is 0 Å². The fourth-order valence-corrected chi connectivity index (χ4v) is 1.29. The minimum Gasteiger partial charge on any atom is -0.465 e. The molecule has 0 aliphatic carbocycles. The molecule has 0 heterocycles. The summed E-state index contributed by atoms with van der Waals surface area (Å²) in [4.78, 5) is 11.3. The van der Waals surface area contributed by atoms with Gasteiger partial charge in [-0.15, -0.1) is 0 Å². The molecule has 0 spiro atoms. The molecule has 0 unspecified atom stereocenters. The van der Waals surface area contributed by atoms with Gasteiger partial charge in [0.05, 0.1) is 18.6 Å². The molecule has 4 heteroatoms. The molecule has 0 aromatic rings. The van der Waals surface area contributed by atoms with Crippen molar-refractivity contribution < 1.29 is 19.7 Å². The van der Waals surface area contributed by atoms with E-state index in [1.165, 1.54) is 0 Å². The van der Waals surface area contributed by atoms with Gasteiger partial charge in [-0.3, -0.25) is 4.79 Å². The molecule has 0 amide bonds. The Bertz CT molecular complexity index is 179. The lowest BCUT2D eigenvalue weighted by Crippen LogP contribution is -2.35. The van der Waals surface area contributed by atoms with E-state index in [-0.39, 0.29) is 25.8 Å². The van der Waals surface area contributed by atoms with Crippen LogP contribution in [0.3, 0.4) is 0 Å². The molecular weight excluding hydrogens is 208 g/mol. The van der Waals surface area contributed by atoms with Crippen molar-refractivity contribution in [2.24, 2.45) is 5.41 Å². The molecule has 0 aliphatic heterocycles. The molecule has 0 aromatic carbocycles. The number of unbranched alkanes of at least 4 members (excludes halogenated alkanes) is 2. The van der Waals surface area contributed by atoms with E-state index in [0.29, 0.717) is 12.8 Å². The molecule has 0 aromatic heterocycles. The second-order valence-electron chi connectivity index (χ2n) is 4.29. The van der Waals surface area contributed by atoms with Gasteiger partial charge in [-0.2, -0.15) is 0 Å². The Morgan fingerprint density at radius 3 is 2.25 bits per heavy atom. The van der Waals surface area contributed by atoms with Crippen molar-refractivity contribution in [3.63, 3.8) is 0 Å². The average Bonchev–Trinajstić information content (AvgIpc) is 2.32. The highest BCUT2D eigenvalue weighted by Crippen LogP contribution is 2.21. The van der Waals surface area contributed by atoms with Gasteiger partial charge >= 0.3 is 5.97 Å². The highest BCUT2D eigenvalue weighted by molar-refractivity contribution is 5.69. The fraction of sp³-hybridized carbons (Fsp3) is 0.917. The van der Waals surface area contributed by atoms with Crippen molar-refractivity contribution in [3.8, 4) is 0 Å². The first kappa shape index (κ1) is 15.4. The molecule has 96 valence electrons. The molecule has 16 heavy (non-hydrogen) atoms. The lowest BCUT2D eigenvalue weighted by atomic mass is 9.88. The number of aliphatic hydroxyl groups excluding tert-OH is 2. The van der Waals surface area contributed by atoms with E-state index < -0.39 is 5.41 Å². The summed E-state index contributed by atoms with van der Waals surface area (Å²) in [6, 6.07) is 0. The highest BCUT2D eigenvalue weighted by Gasteiger charge is 2.28. The minimum absolute atomic E-state index is 0.0987. The third kappa shape index (κ3) is 5.47. The van der Waals surface area contributed by atoms with Crippen LogP contribution >= 0.6 is 0 Å². The second kappa shape index (κ2) is 8.53. The molecular formula is C12H24O4. The zero-order chi connectivity index (χ0) is 12.4. The second-order valence-corrected chi connectivity index (χ2v) is 4.29. The number of aliphatic hydroxyl groups is 2. The first-order valence-electron chi connectivity index (χ1n) is 6.01. The fourth-order valence-electron chi connectivity index (χ4n) is 1.29. The van der Waals surface area contributed by atoms with Gasteiger partial charge in [0, 0.05) is 6.42 Å². The van der Waals surface area contributed by atoms with Crippen molar-refractivity contribution in [1.82, 2.24) is 0 Å². The zero-order valence-corrected chi connectivity index (χ0v) is 10.4.